The number of methoxy groups -OCH3 is 2. The Morgan fingerprint density at radius 2 is 1.68 bits per heavy atom. The summed E-state index contributed by atoms with van der Waals surface area (Å²) in [6.07, 6.45) is 5.53. The van der Waals surface area contributed by atoms with Gasteiger partial charge in [-0.05, 0) is 94.3 Å². The average molecular weight is 1250 g/mol. The van der Waals surface area contributed by atoms with Crippen LogP contribution in [0.5, 0.6) is 5.75 Å². The van der Waals surface area contributed by atoms with Crippen LogP contribution in [0.15, 0.2) is 66.3 Å². The van der Waals surface area contributed by atoms with Gasteiger partial charge in [0, 0.05) is 67.1 Å². The van der Waals surface area contributed by atoms with Crippen molar-refractivity contribution in [1.82, 2.24) is 25.3 Å². The van der Waals surface area contributed by atoms with Gasteiger partial charge in [0.1, 0.15) is 60.0 Å². The molecule has 3 heterocycles. The molecule has 482 valence electrons. The largest absolute Gasteiger partial charge is 0.495 e. The summed E-state index contributed by atoms with van der Waals surface area (Å²) < 4.78 is 45.9. The van der Waals surface area contributed by atoms with E-state index < -0.39 is 108 Å². The SMILES string of the molecule is CCC(=O)CNC(=O)c1cc(COC(=O)N(C)CCN(C)C(=O)OCCC(=O)N(C)[C@@H](C)C(=O)O[C@H]2CC(=O)N(C)c3cc(cc(OC)c3Cl)C/C(C)=C/C=C/[C@@H](OC)[C@@]3(O)C[C@H](OC(=O)N3)[C@@H](C)[C@@H]3O[C@@]23C)ccc1NC(=O)OC1/C=C/CCCCC1. The standard InChI is InChI=1S/C62H84ClN7O18/c1-12-42(71)35-64-55(74)44-30-40(23-24-45(44)65-57(76)85-43-20-16-14-13-15-17-21-43)36-84-60(79)68(7)27-26-67(6)59(78)83-28-25-51(72)69(8)39(4)56(75)87-50-33-52(73)70(9)46-31-41(32-47(81-10)53(46)63)29-37(2)19-18-22-49(82-11)62(80)34-48(86-58(77)66-62)38(3)54-61(50,5)88-54/h16,18-20,22-24,30-32,38-39,43,48-50,54,80H,12-15,17,21,25-29,33-36H2,1-11H3,(H,64,74)(H,65,76)(H,66,77)/b20-16+,22-18+,37-19+/t38-,39+,43?,48+,49-,50+,54+,61+,62+/m1/s1. The Morgan fingerprint density at radius 3 is 2.38 bits per heavy atom. The first-order chi connectivity index (χ1) is 41.7. The van der Waals surface area contributed by atoms with Crippen molar-refractivity contribution in [3.8, 4) is 5.75 Å². The van der Waals surface area contributed by atoms with Gasteiger partial charge in [-0.1, -0.05) is 67.8 Å². The highest BCUT2D eigenvalue weighted by molar-refractivity contribution is 6.35. The summed E-state index contributed by atoms with van der Waals surface area (Å²) in [6, 6.07) is 6.73. The van der Waals surface area contributed by atoms with Crippen molar-refractivity contribution in [2.45, 2.75) is 153 Å². The number of ether oxygens (including phenoxy) is 8. The fourth-order valence-electron chi connectivity index (χ4n) is 10.3. The third kappa shape index (κ3) is 18.4. The molecule has 3 aliphatic heterocycles. The van der Waals surface area contributed by atoms with Gasteiger partial charge in [-0.3, -0.25) is 29.8 Å². The van der Waals surface area contributed by atoms with Gasteiger partial charge in [0.25, 0.3) is 5.91 Å². The zero-order chi connectivity index (χ0) is 64.6. The number of allylic oxidation sites excluding steroid dienone is 4. The number of rotatable bonds is 19. The Labute approximate surface area is 518 Å². The quantitative estimate of drug-likeness (QED) is 0.0461. The van der Waals surface area contributed by atoms with E-state index in [1.165, 1.54) is 76.2 Å². The van der Waals surface area contributed by atoms with Crippen molar-refractivity contribution in [2.24, 2.45) is 5.92 Å². The lowest BCUT2D eigenvalue weighted by atomic mass is 9.83. The molecule has 4 N–H and O–H groups in total. The minimum Gasteiger partial charge on any atom is -0.495 e. The van der Waals surface area contributed by atoms with Crippen LogP contribution < -0.4 is 25.6 Å². The molecule has 26 heteroatoms. The number of benzene rings is 2. The Kier molecular flexibility index (Phi) is 24.8. The van der Waals surface area contributed by atoms with Crippen molar-refractivity contribution in [1.29, 1.82) is 0 Å². The summed E-state index contributed by atoms with van der Waals surface area (Å²) >= 11 is 6.82. The first-order valence-electron chi connectivity index (χ1n) is 29.4. The van der Waals surface area contributed by atoms with Crippen LogP contribution in [0.1, 0.15) is 114 Å². The average Bonchev–Trinajstić information content (AvgIpc) is 2.03. The smallest absolute Gasteiger partial charge is 0.412 e. The van der Waals surface area contributed by atoms with Crippen LogP contribution in [-0.2, 0) is 65.4 Å². The lowest BCUT2D eigenvalue weighted by molar-refractivity contribution is -0.162. The molecular formula is C62H84ClN7O18. The number of amides is 7. The summed E-state index contributed by atoms with van der Waals surface area (Å²) in [5.74, 6) is -3.18. The minimum atomic E-state index is -1.91. The number of aliphatic hydroxyl groups is 1. The van der Waals surface area contributed by atoms with E-state index in [0.717, 1.165) is 41.7 Å². The number of anilines is 2. The Hall–Kier alpha value is -7.74. The monoisotopic (exact) mass is 1250 g/mol. The lowest BCUT2D eigenvalue weighted by Gasteiger charge is -2.42. The number of nitrogens with zero attached hydrogens (tertiary/aromatic N) is 4. The predicted octanol–water partition coefficient (Wildman–Crippen LogP) is 7.39. The highest BCUT2D eigenvalue weighted by Gasteiger charge is 2.64. The summed E-state index contributed by atoms with van der Waals surface area (Å²) in [5.41, 5.74) is -0.795. The molecule has 7 amide bonds. The van der Waals surface area contributed by atoms with Crippen molar-refractivity contribution in [2.75, 3.05) is 78.9 Å². The van der Waals surface area contributed by atoms with E-state index >= 15 is 0 Å². The Balaban J connectivity index is 1.04. The zero-order valence-corrected chi connectivity index (χ0v) is 52.7. The van der Waals surface area contributed by atoms with E-state index in [1.54, 1.807) is 51.1 Å². The number of carbonyl (C=O) groups excluding carboxylic acids is 9. The van der Waals surface area contributed by atoms with Gasteiger partial charge in [0.2, 0.25) is 11.8 Å². The van der Waals surface area contributed by atoms with Gasteiger partial charge in [-0.15, -0.1) is 0 Å². The van der Waals surface area contributed by atoms with E-state index in [9.17, 15) is 48.3 Å². The molecule has 0 aromatic heterocycles. The third-order valence-corrected chi connectivity index (χ3v) is 16.6. The maximum atomic E-state index is 14.4. The van der Waals surface area contributed by atoms with Crippen LogP contribution in [0.2, 0.25) is 5.02 Å². The molecule has 0 saturated carbocycles. The normalized spacial score (nSPS) is 25.3. The molecule has 25 nitrogen and oxygen atoms in total. The van der Waals surface area contributed by atoms with Crippen LogP contribution >= 0.6 is 11.6 Å². The van der Waals surface area contributed by atoms with Crippen LogP contribution in [0.3, 0.4) is 0 Å². The number of fused-ring (bicyclic) bond motifs is 5. The number of epoxide rings is 1. The number of Topliss-reactive ketones (excluding diaryl/α,β-unsaturated/α-hetero) is 1. The number of nitrogens with one attached hydrogen (secondary N) is 3. The molecule has 0 spiro atoms. The lowest BCUT2D eigenvalue weighted by Crippen LogP contribution is -2.63. The first kappa shape index (κ1) is 69.4. The number of ketones is 1. The fraction of sp³-hybridized carbons (Fsp3) is 0.565. The second-order valence-corrected chi connectivity index (χ2v) is 23.1. The maximum absolute atomic E-state index is 14.4. The summed E-state index contributed by atoms with van der Waals surface area (Å²) in [4.78, 5) is 124. The number of halogens is 1. The second kappa shape index (κ2) is 31.4. The van der Waals surface area contributed by atoms with Crippen LogP contribution in [-0.4, -0.2) is 190 Å². The molecule has 1 aliphatic carbocycles. The van der Waals surface area contributed by atoms with E-state index in [4.69, 9.17) is 49.5 Å². The third-order valence-electron chi connectivity index (χ3n) is 16.2. The number of esters is 1. The van der Waals surface area contributed by atoms with Crippen molar-refractivity contribution >= 4 is 76.8 Å². The molecule has 88 heavy (non-hydrogen) atoms. The van der Waals surface area contributed by atoms with Gasteiger partial charge in [0.05, 0.1) is 49.5 Å². The topological polar surface area (TPSA) is 300 Å². The van der Waals surface area contributed by atoms with E-state index in [2.05, 4.69) is 16.0 Å². The molecule has 2 aromatic rings. The van der Waals surface area contributed by atoms with E-state index in [0.29, 0.717) is 29.8 Å². The van der Waals surface area contributed by atoms with Gasteiger partial charge in [-0.25, -0.2) is 24.0 Å². The molecule has 2 aromatic carbocycles. The van der Waals surface area contributed by atoms with Crippen LogP contribution in [0, 0.1) is 5.92 Å². The molecule has 4 aliphatic rings. The summed E-state index contributed by atoms with van der Waals surface area (Å²) in [5, 5.41) is 19.7. The molecular weight excluding hydrogens is 1170 g/mol. The van der Waals surface area contributed by atoms with Crippen molar-refractivity contribution < 1.29 is 86.2 Å². The number of likely N-dealkylation sites (N-methyl/N-ethyl adjacent to an activating group) is 3. The molecule has 6 rings (SSSR count). The zero-order valence-electron chi connectivity index (χ0n) is 52.0. The van der Waals surface area contributed by atoms with E-state index in [-0.39, 0.29) is 74.2 Å². The van der Waals surface area contributed by atoms with Crippen molar-refractivity contribution in [3.63, 3.8) is 0 Å². The summed E-state index contributed by atoms with van der Waals surface area (Å²) in [7, 11) is 8.62. The highest BCUT2D eigenvalue weighted by Crippen LogP contribution is 2.49. The van der Waals surface area contributed by atoms with Gasteiger partial charge in [0.15, 0.2) is 11.5 Å². The second-order valence-electron chi connectivity index (χ2n) is 22.8. The predicted molar refractivity (Wildman–Crippen MR) is 323 cm³/mol. The number of carbonyl (C=O) groups is 9. The Bertz CT molecular complexity index is 2990. The summed E-state index contributed by atoms with van der Waals surface area (Å²) in [6.45, 7) is 7.47. The van der Waals surface area contributed by atoms with E-state index in [1.807, 2.05) is 25.2 Å². The highest BCUT2D eigenvalue weighted by atomic mass is 35.5. The number of alkyl carbamates (subject to hydrolysis) is 1. The fourth-order valence-corrected chi connectivity index (χ4v) is 10.7. The number of hydrogen-bond donors (Lipinski definition) is 4. The minimum absolute atomic E-state index is 0.00662. The molecule has 2 saturated heterocycles. The van der Waals surface area contributed by atoms with Crippen LogP contribution in [0.25, 0.3) is 0 Å². The molecule has 1 unspecified atom stereocenters. The Morgan fingerprint density at radius 1 is 0.966 bits per heavy atom. The van der Waals surface area contributed by atoms with Gasteiger partial charge < -0.3 is 67.9 Å². The molecule has 0 radical (unpaired) electrons. The van der Waals surface area contributed by atoms with Crippen LogP contribution in [0.4, 0.5) is 30.6 Å². The van der Waals surface area contributed by atoms with Crippen molar-refractivity contribution in [3.05, 3.63) is 88.0 Å². The van der Waals surface area contributed by atoms with Gasteiger partial charge >= 0.3 is 30.3 Å². The number of hydrogen-bond acceptors (Lipinski definition) is 18. The van der Waals surface area contributed by atoms with Gasteiger partial charge in [-0.2, -0.15) is 0 Å². The molecule has 9 atom stereocenters. The molecule has 2 fully saturated rings. The maximum Gasteiger partial charge on any atom is 0.412 e. The molecule has 4 bridgehead atoms. The first-order valence-corrected chi connectivity index (χ1v) is 29.8.